The van der Waals surface area contributed by atoms with Crippen LogP contribution in [0, 0.1) is 6.92 Å². The highest BCUT2D eigenvalue weighted by Crippen LogP contribution is 2.34. The molecule has 0 aliphatic carbocycles. The van der Waals surface area contributed by atoms with Crippen LogP contribution in [0.2, 0.25) is 0 Å². The van der Waals surface area contributed by atoms with Crippen LogP contribution in [0.1, 0.15) is 59.3 Å². The van der Waals surface area contributed by atoms with Crippen LogP contribution in [0.4, 0.5) is 5.69 Å². The smallest absolute Gasteiger partial charge is 0.270 e. The molecule has 0 aliphatic heterocycles. The van der Waals surface area contributed by atoms with Gasteiger partial charge in [0.25, 0.3) is 11.8 Å². The number of aryl methyl sites for hydroxylation is 1. The van der Waals surface area contributed by atoms with E-state index < -0.39 is 11.0 Å². The van der Waals surface area contributed by atoms with Gasteiger partial charge in [-0.2, -0.15) is 0 Å². The fraction of sp³-hybridized carbons (Fsp3) is 0.381. The molecule has 0 saturated heterocycles. The minimum atomic E-state index is -0.964. The number of carbonyl (C=O) groups is 2. The molecule has 0 saturated carbocycles. The Morgan fingerprint density at radius 2 is 1.93 bits per heavy atom. The van der Waals surface area contributed by atoms with Crippen molar-refractivity contribution < 1.29 is 14.3 Å². The van der Waals surface area contributed by atoms with Gasteiger partial charge < -0.3 is 15.4 Å². The molecule has 1 heterocycles. The quantitative estimate of drug-likeness (QED) is 0.678. The van der Waals surface area contributed by atoms with E-state index in [4.69, 9.17) is 16.3 Å². The van der Waals surface area contributed by atoms with Gasteiger partial charge in [-0.3, -0.25) is 9.59 Å². The van der Waals surface area contributed by atoms with Crippen LogP contribution in [-0.2, 0) is 9.80 Å². The number of pyridine rings is 1. The van der Waals surface area contributed by atoms with E-state index in [0.717, 1.165) is 5.56 Å². The Labute approximate surface area is 170 Å². The Kier molecular flexibility index (Phi) is 7.16. The first kappa shape index (κ1) is 21.9. The van der Waals surface area contributed by atoms with Crippen molar-refractivity contribution in [2.24, 2.45) is 0 Å². The van der Waals surface area contributed by atoms with Crippen LogP contribution in [0.25, 0.3) is 0 Å². The van der Waals surface area contributed by atoms with Crippen molar-refractivity contribution in [1.29, 1.82) is 0 Å². The predicted molar refractivity (Wildman–Crippen MR) is 111 cm³/mol. The Hall–Kier alpha value is -2.44. The van der Waals surface area contributed by atoms with E-state index in [0.29, 0.717) is 17.8 Å². The van der Waals surface area contributed by atoms with Crippen LogP contribution in [-0.4, -0.2) is 29.9 Å². The summed E-state index contributed by atoms with van der Waals surface area (Å²) in [6, 6.07) is 10.4. The number of halogens is 1. The third-order valence-electron chi connectivity index (χ3n) is 4.24. The highest BCUT2D eigenvalue weighted by atomic mass is 35.5. The molecule has 0 aliphatic rings. The molecule has 1 aromatic heterocycles. The van der Waals surface area contributed by atoms with E-state index in [1.807, 2.05) is 26.8 Å². The number of hydrogen-bond donors (Lipinski definition) is 2. The number of amides is 2. The molecule has 0 bridgehead atoms. The van der Waals surface area contributed by atoms with E-state index in [9.17, 15) is 9.59 Å². The summed E-state index contributed by atoms with van der Waals surface area (Å²) in [5.74, 6) is -0.810. The van der Waals surface area contributed by atoms with E-state index in [1.165, 1.54) is 0 Å². The Bertz CT molecular complexity index is 864. The SMILES string of the molecule is CCC(Cl)(OC)c1cccc(NC(=O)c2ccc(C)nc2C(=O)NC(C)C)c1. The molecular formula is C21H26ClN3O3. The summed E-state index contributed by atoms with van der Waals surface area (Å²) in [6.07, 6.45) is 0.559. The predicted octanol–water partition coefficient (Wildman–Crippen LogP) is 4.23. The number of methoxy groups -OCH3 is 1. The number of rotatable bonds is 7. The summed E-state index contributed by atoms with van der Waals surface area (Å²) >= 11 is 6.49. The van der Waals surface area contributed by atoms with Crippen LogP contribution < -0.4 is 10.6 Å². The van der Waals surface area contributed by atoms with Gasteiger partial charge in [0.15, 0.2) is 5.06 Å². The van der Waals surface area contributed by atoms with E-state index in [2.05, 4.69) is 15.6 Å². The summed E-state index contributed by atoms with van der Waals surface area (Å²) in [4.78, 5) is 29.6. The van der Waals surface area contributed by atoms with Crippen LogP contribution in [0.5, 0.6) is 0 Å². The molecule has 0 spiro atoms. The number of ether oxygens (including phenoxy) is 1. The third-order valence-corrected chi connectivity index (χ3v) is 4.88. The average molecular weight is 404 g/mol. The molecule has 6 nitrogen and oxygen atoms in total. The average Bonchev–Trinajstić information content (AvgIpc) is 2.66. The molecule has 2 aromatic rings. The lowest BCUT2D eigenvalue weighted by atomic mass is 10.1. The maximum atomic E-state index is 12.8. The van der Waals surface area contributed by atoms with Gasteiger partial charge in [-0.25, -0.2) is 4.98 Å². The number of alkyl halides is 1. The van der Waals surface area contributed by atoms with Gasteiger partial charge in [0.1, 0.15) is 5.69 Å². The maximum Gasteiger partial charge on any atom is 0.270 e. The molecule has 150 valence electrons. The molecule has 2 N–H and O–H groups in total. The fourth-order valence-electron chi connectivity index (χ4n) is 2.74. The Morgan fingerprint density at radius 1 is 1.21 bits per heavy atom. The number of hydrogen-bond acceptors (Lipinski definition) is 4. The Balaban J connectivity index is 2.32. The molecule has 28 heavy (non-hydrogen) atoms. The fourth-order valence-corrected chi connectivity index (χ4v) is 2.86. The number of anilines is 1. The zero-order valence-electron chi connectivity index (χ0n) is 16.8. The van der Waals surface area contributed by atoms with Crippen molar-refractivity contribution in [1.82, 2.24) is 10.3 Å². The number of carbonyl (C=O) groups excluding carboxylic acids is 2. The molecule has 2 rings (SSSR count). The lowest BCUT2D eigenvalue weighted by molar-refractivity contribution is 0.0584. The highest BCUT2D eigenvalue weighted by molar-refractivity contribution is 6.23. The molecule has 0 radical (unpaired) electrons. The van der Waals surface area contributed by atoms with Crippen molar-refractivity contribution in [3.8, 4) is 0 Å². The maximum absolute atomic E-state index is 12.8. The monoisotopic (exact) mass is 403 g/mol. The molecule has 7 heteroatoms. The molecular weight excluding hydrogens is 378 g/mol. The summed E-state index contributed by atoms with van der Waals surface area (Å²) in [7, 11) is 1.54. The van der Waals surface area contributed by atoms with Crippen molar-refractivity contribution in [3.05, 3.63) is 58.9 Å². The lowest BCUT2D eigenvalue weighted by Crippen LogP contribution is -2.33. The van der Waals surface area contributed by atoms with Crippen molar-refractivity contribution in [2.75, 3.05) is 12.4 Å². The zero-order valence-corrected chi connectivity index (χ0v) is 17.6. The lowest BCUT2D eigenvalue weighted by Gasteiger charge is -2.25. The molecule has 1 unspecified atom stereocenters. The first-order valence-corrected chi connectivity index (χ1v) is 9.52. The number of benzene rings is 1. The topological polar surface area (TPSA) is 80.3 Å². The van der Waals surface area contributed by atoms with Gasteiger partial charge in [0.05, 0.1) is 5.56 Å². The first-order valence-electron chi connectivity index (χ1n) is 9.14. The highest BCUT2D eigenvalue weighted by Gasteiger charge is 2.27. The standard InChI is InChI=1S/C21H26ClN3O3/c1-6-21(22,28-5)15-8-7-9-16(12-15)25-19(26)17-11-10-14(4)24-18(17)20(27)23-13(2)3/h7-13H,6H2,1-5H3,(H,23,27)(H,25,26). The number of aromatic nitrogens is 1. The summed E-state index contributed by atoms with van der Waals surface area (Å²) in [6.45, 7) is 7.38. The molecule has 1 atom stereocenters. The van der Waals surface area contributed by atoms with Gasteiger partial charge in [0, 0.05) is 30.1 Å². The largest absolute Gasteiger partial charge is 0.359 e. The van der Waals surface area contributed by atoms with Gasteiger partial charge in [0.2, 0.25) is 0 Å². The summed E-state index contributed by atoms with van der Waals surface area (Å²) in [5, 5.41) is 4.62. The van der Waals surface area contributed by atoms with Crippen LogP contribution >= 0.6 is 11.6 Å². The minimum absolute atomic E-state index is 0.0673. The van der Waals surface area contributed by atoms with Gasteiger partial charge in [-0.1, -0.05) is 30.7 Å². The van der Waals surface area contributed by atoms with Gasteiger partial charge in [-0.05, 0) is 51.5 Å². The minimum Gasteiger partial charge on any atom is -0.359 e. The van der Waals surface area contributed by atoms with Crippen LogP contribution in [0.15, 0.2) is 36.4 Å². The van der Waals surface area contributed by atoms with E-state index in [-0.39, 0.29) is 23.2 Å². The number of nitrogens with zero attached hydrogens (tertiary/aromatic N) is 1. The van der Waals surface area contributed by atoms with Crippen molar-refractivity contribution in [2.45, 2.75) is 45.2 Å². The van der Waals surface area contributed by atoms with Crippen molar-refractivity contribution in [3.63, 3.8) is 0 Å². The Morgan fingerprint density at radius 3 is 2.54 bits per heavy atom. The normalized spacial score (nSPS) is 13.1. The summed E-state index contributed by atoms with van der Waals surface area (Å²) in [5.41, 5.74) is 2.24. The second kappa shape index (κ2) is 9.17. The van der Waals surface area contributed by atoms with E-state index >= 15 is 0 Å². The second-order valence-corrected chi connectivity index (χ2v) is 7.41. The third kappa shape index (κ3) is 5.09. The second-order valence-electron chi connectivity index (χ2n) is 6.80. The zero-order chi connectivity index (χ0) is 20.9. The van der Waals surface area contributed by atoms with Gasteiger partial charge >= 0.3 is 0 Å². The van der Waals surface area contributed by atoms with E-state index in [1.54, 1.807) is 44.4 Å². The number of nitrogens with one attached hydrogen (secondary N) is 2. The first-order chi connectivity index (χ1) is 13.2. The van der Waals surface area contributed by atoms with Gasteiger partial charge in [-0.15, -0.1) is 0 Å². The van der Waals surface area contributed by atoms with Crippen molar-refractivity contribution >= 4 is 29.1 Å². The summed E-state index contributed by atoms with van der Waals surface area (Å²) < 4.78 is 5.41. The molecule has 2 amide bonds. The van der Waals surface area contributed by atoms with Crippen LogP contribution in [0.3, 0.4) is 0 Å². The molecule has 0 fully saturated rings. The molecule has 1 aromatic carbocycles.